The average molecular weight is 293 g/mol. The summed E-state index contributed by atoms with van der Waals surface area (Å²) >= 11 is 0. The van der Waals surface area contributed by atoms with E-state index in [2.05, 4.69) is 10.6 Å². The number of hydrogen-bond donors (Lipinski definition) is 3. The molecule has 2 rings (SSSR count). The molecule has 1 aliphatic heterocycles. The normalized spacial score (nSPS) is 20.0. The predicted molar refractivity (Wildman–Crippen MR) is 72.2 cm³/mol. The highest BCUT2D eigenvalue weighted by atomic mass is 16.6. The molecule has 0 aromatic heterocycles. The quantitative estimate of drug-likeness (QED) is 0.400. The van der Waals surface area contributed by atoms with Gasteiger partial charge >= 0.3 is 0 Å². The molecule has 1 fully saturated rings. The highest BCUT2D eigenvalue weighted by Gasteiger charge is 2.26. The summed E-state index contributed by atoms with van der Waals surface area (Å²) in [5, 5.41) is 25.6. The molecule has 8 nitrogen and oxygen atoms in total. The first kappa shape index (κ1) is 15.1. The molecule has 1 saturated heterocycles. The maximum absolute atomic E-state index is 11.5. The van der Waals surface area contributed by atoms with Gasteiger partial charge in [0.25, 0.3) is 5.69 Å². The topological polar surface area (TPSA) is 122 Å². The molecule has 1 aromatic carbocycles. The Hall–Kier alpha value is -2.32. The lowest BCUT2D eigenvalue weighted by molar-refractivity contribution is -0.384. The first-order valence-corrected chi connectivity index (χ1v) is 6.47. The minimum atomic E-state index is -0.892. The highest BCUT2D eigenvalue weighted by Crippen LogP contribution is 2.17. The van der Waals surface area contributed by atoms with Crippen LogP contribution in [0, 0.1) is 10.1 Å². The van der Waals surface area contributed by atoms with E-state index < -0.39 is 23.0 Å². The lowest BCUT2D eigenvalue weighted by atomic mass is 10.0. The fourth-order valence-corrected chi connectivity index (χ4v) is 2.08. The molecular weight excluding hydrogens is 278 g/mol. The molecule has 0 aliphatic carbocycles. The average Bonchev–Trinajstić information content (AvgIpc) is 2.46. The molecule has 2 unspecified atom stereocenters. The number of nitro groups is 1. The van der Waals surface area contributed by atoms with Gasteiger partial charge < -0.3 is 10.4 Å². The molecule has 1 aromatic rings. The summed E-state index contributed by atoms with van der Waals surface area (Å²) in [6.45, 7) is 0.115. The largest absolute Gasteiger partial charge is 0.387 e. The van der Waals surface area contributed by atoms with E-state index in [-0.39, 0.29) is 24.6 Å². The van der Waals surface area contributed by atoms with E-state index in [1.54, 1.807) is 0 Å². The number of amides is 2. The zero-order valence-corrected chi connectivity index (χ0v) is 11.1. The number of imide groups is 1. The Bertz CT molecular complexity index is 557. The fourth-order valence-electron chi connectivity index (χ4n) is 2.08. The van der Waals surface area contributed by atoms with Gasteiger partial charge in [-0.15, -0.1) is 0 Å². The van der Waals surface area contributed by atoms with Gasteiger partial charge in [-0.2, -0.15) is 0 Å². The summed E-state index contributed by atoms with van der Waals surface area (Å²) in [6, 6.07) is 5.04. The molecule has 0 saturated carbocycles. The lowest BCUT2D eigenvalue weighted by Crippen LogP contribution is -2.51. The number of piperidine rings is 1. The van der Waals surface area contributed by atoms with Gasteiger partial charge in [-0.25, -0.2) is 0 Å². The van der Waals surface area contributed by atoms with Crippen molar-refractivity contribution in [1.82, 2.24) is 10.6 Å². The Balaban J connectivity index is 1.89. The van der Waals surface area contributed by atoms with Gasteiger partial charge in [-0.3, -0.25) is 25.0 Å². The Labute approximate surface area is 120 Å². The lowest BCUT2D eigenvalue weighted by Gasteiger charge is -2.23. The molecule has 112 valence electrons. The van der Waals surface area contributed by atoms with Crippen LogP contribution in [0.4, 0.5) is 5.69 Å². The number of non-ortho nitro benzene ring substituents is 1. The zero-order valence-electron chi connectivity index (χ0n) is 11.1. The van der Waals surface area contributed by atoms with Crippen LogP contribution in [0.3, 0.4) is 0 Å². The van der Waals surface area contributed by atoms with Crippen molar-refractivity contribution in [2.45, 2.75) is 25.0 Å². The summed E-state index contributed by atoms with van der Waals surface area (Å²) in [5.41, 5.74) is 0.462. The predicted octanol–water partition coefficient (Wildman–Crippen LogP) is 0.0230. The third kappa shape index (κ3) is 3.83. The zero-order chi connectivity index (χ0) is 15.4. The Morgan fingerprint density at radius 1 is 1.38 bits per heavy atom. The van der Waals surface area contributed by atoms with Crippen molar-refractivity contribution in [3.63, 3.8) is 0 Å². The first-order valence-electron chi connectivity index (χ1n) is 6.47. The molecule has 3 N–H and O–H groups in total. The van der Waals surface area contributed by atoms with E-state index in [0.29, 0.717) is 12.0 Å². The summed E-state index contributed by atoms with van der Waals surface area (Å²) in [6.07, 6.45) is -0.245. The number of nitrogens with zero attached hydrogens (tertiary/aromatic N) is 1. The molecule has 0 bridgehead atoms. The molecule has 0 radical (unpaired) electrons. The number of rotatable bonds is 5. The van der Waals surface area contributed by atoms with Crippen LogP contribution in [0.15, 0.2) is 24.3 Å². The third-order valence-electron chi connectivity index (χ3n) is 3.29. The summed E-state index contributed by atoms with van der Waals surface area (Å²) in [4.78, 5) is 32.5. The molecule has 1 aliphatic rings. The van der Waals surface area contributed by atoms with Gasteiger partial charge in [0.05, 0.1) is 17.1 Å². The van der Waals surface area contributed by atoms with Crippen molar-refractivity contribution < 1.29 is 19.6 Å². The minimum absolute atomic E-state index is 0.0518. The minimum Gasteiger partial charge on any atom is -0.387 e. The number of hydrogen-bond acceptors (Lipinski definition) is 6. The molecule has 2 atom stereocenters. The Morgan fingerprint density at radius 2 is 2.05 bits per heavy atom. The number of carbonyl (C=O) groups excluding carboxylic acids is 2. The molecule has 8 heteroatoms. The van der Waals surface area contributed by atoms with E-state index >= 15 is 0 Å². The fraction of sp³-hybridized carbons (Fsp3) is 0.385. The summed E-state index contributed by atoms with van der Waals surface area (Å²) in [7, 11) is 0. The van der Waals surface area contributed by atoms with Crippen molar-refractivity contribution in [3.05, 3.63) is 39.9 Å². The monoisotopic (exact) mass is 293 g/mol. The molecule has 0 spiro atoms. The van der Waals surface area contributed by atoms with E-state index in [0.717, 1.165) is 0 Å². The van der Waals surface area contributed by atoms with Gasteiger partial charge in [0.15, 0.2) is 0 Å². The van der Waals surface area contributed by atoms with Crippen LogP contribution in [0.2, 0.25) is 0 Å². The number of aliphatic hydroxyl groups is 1. The van der Waals surface area contributed by atoms with Crippen molar-refractivity contribution in [2.24, 2.45) is 0 Å². The molecular formula is C13H15N3O5. The van der Waals surface area contributed by atoms with Crippen LogP contribution in [-0.4, -0.2) is 34.4 Å². The second-order valence-electron chi connectivity index (χ2n) is 4.78. The van der Waals surface area contributed by atoms with Gasteiger partial charge in [-0.1, -0.05) is 0 Å². The second kappa shape index (κ2) is 6.42. The number of nitrogens with one attached hydrogen (secondary N) is 2. The summed E-state index contributed by atoms with van der Waals surface area (Å²) in [5.74, 6) is -0.698. The number of aliphatic hydroxyl groups excluding tert-OH is 1. The van der Waals surface area contributed by atoms with E-state index in [1.165, 1.54) is 24.3 Å². The van der Waals surface area contributed by atoms with Crippen molar-refractivity contribution >= 4 is 17.5 Å². The second-order valence-corrected chi connectivity index (χ2v) is 4.78. The Morgan fingerprint density at radius 3 is 2.62 bits per heavy atom. The van der Waals surface area contributed by atoms with Crippen LogP contribution in [0.1, 0.15) is 24.5 Å². The van der Waals surface area contributed by atoms with Gasteiger partial charge in [0.2, 0.25) is 11.8 Å². The third-order valence-corrected chi connectivity index (χ3v) is 3.29. The Kier molecular flexibility index (Phi) is 4.61. The molecule has 21 heavy (non-hydrogen) atoms. The van der Waals surface area contributed by atoms with Crippen molar-refractivity contribution in [1.29, 1.82) is 0 Å². The van der Waals surface area contributed by atoms with Crippen LogP contribution >= 0.6 is 0 Å². The SMILES string of the molecule is O=C1CCC(NCC(O)c2ccc([N+](=O)[O-])cc2)C(=O)N1. The van der Waals surface area contributed by atoms with Gasteiger partial charge in [0.1, 0.15) is 0 Å². The van der Waals surface area contributed by atoms with Crippen LogP contribution in [0.25, 0.3) is 0 Å². The first-order chi connectivity index (χ1) is 9.97. The van der Waals surface area contributed by atoms with Crippen LogP contribution in [-0.2, 0) is 9.59 Å². The van der Waals surface area contributed by atoms with Gasteiger partial charge in [0, 0.05) is 25.1 Å². The van der Waals surface area contributed by atoms with Crippen molar-refractivity contribution in [3.8, 4) is 0 Å². The molecule has 1 heterocycles. The molecule has 2 amide bonds. The van der Waals surface area contributed by atoms with Gasteiger partial charge in [-0.05, 0) is 24.1 Å². The maximum Gasteiger partial charge on any atom is 0.269 e. The van der Waals surface area contributed by atoms with Crippen molar-refractivity contribution in [2.75, 3.05) is 6.54 Å². The number of carbonyl (C=O) groups is 2. The van der Waals surface area contributed by atoms with E-state index in [4.69, 9.17) is 0 Å². The van der Waals surface area contributed by atoms with Crippen LogP contribution < -0.4 is 10.6 Å². The highest BCUT2D eigenvalue weighted by molar-refractivity contribution is 6.00. The van der Waals surface area contributed by atoms with E-state index in [9.17, 15) is 24.8 Å². The van der Waals surface area contributed by atoms with E-state index in [1.807, 2.05) is 0 Å². The standard InChI is InChI=1S/C13H15N3O5/c17-11(8-1-3-9(4-2-8)16(20)21)7-14-10-5-6-12(18)15-13(10)19/h1-4,10-11,14,17H,5-7H2,(H,15,18,19). The number of benzene rings is 1. The number of nitro benzene ring substituents is 1. The summed E-state index contributed by atoms with van der Waals surface area (Å²) < 4.78 is 0. The maximum atomic E-state index is 11.5. The van der Waals surface area contributed by atoms with Crippen LogP contribution in [0.5, 0.6) is 0 Å². The smallest absolute Gasteiger partial charge is 0.269 e.